The monoisotopic (exact) mass is 831 g/mol. The summed E-state index contributed by atoms with van der Waals surface area (Å²) in [4.78, 5) is 37.9. The van der Waals surface area contributed by atoms with E-state index in [1.54, 1.807) is 0 Å². The summed E-state index contributed by atoms with van der Waals surface area (Å²) in [6, 6.07) is 0. The van der Waals surface area contributed by atoms with Gasteiger partial charge in [0.2, 0.25) is 0 Å². The van der Waals surface area contributed by atoms with Gasteiger partial charge in [0.1, 0.15) is 13.2 Å². The molecule has 0 radical (unpaired) electrons. The maximum atomic E-state index is 12.8. The molecule has 0 aliphatic heterocycles. The minimum atomic E-state index is -0.773. The van der Waals surface area contributed by atoms with Crippen molar-refractivity contribution in [3.63, 3.8) is 0 Å². The summed E-state index contributed by atoms with van der Waals surface area (Å²) in [5.41, 5.74) is 0. The fourth-order valence-corrected chi connectivity index (χ4v) is 7.49. The van der Waals surface area contributed by atoms with Gasteiger partial charge < -0.3 is 14.2 Å². The first-order valence-corrected chi connectivity index (χ1v) is 25.8. The molecule has 6 nitrogen and oxygen atoms in total. The Hall–Kier alpha value is -2.11. The molecule has 0 saturated heterocycles. The van der Waals surface area contributed by atoms with Crippen LogP contribution >= 0.6 is 0 Å². The first-order valence-electron chi connectivity index (χ1n) is 25.8. The summed E-state index contributed by atoms with van der Waals surface area (Å²) in [6.45, 7) is 6.63. The molecular formula is C53H98O6. The predicted molar refractivity (Wildman–Crippen MR) is 252 cm³/mol. The van der Waals surface area contributed by atoms with Gasteiger partial charge in [0, 0.05) is 19.3 Å². The summed E-state index contributed by atoms with van der Waals surface area (Å²) in [6.07, 6.45) is 54.4. The van der Waals surface area contributed by atoms with Crippen LogP contribution in [0.5, 0.6) is 0 Å². The third-order valence-electron chi connectivity index (χ3n) is 11.4. The van der Waals surface area contributed by atoms with E-state index in [0.717, 1.165) is 70.6 Å². The van der Waals surface area contributed by atoms with Crippen LogP contribution in [0.1, 0.15) is 278 Å². The van der Waals surface area contributed by atoms with E-state index in [0.29, 0.717) is 19.3 Å². The fraction of sp³-hybridized carbons (Fsp3) is 0.868. The summed E-state index contributed by atoms with van der Waals surface area (Å²) in [5, 5.41) is 0. The van der Waals surface area contributed by atoms with E-state index < -0.39 is 6.10 Å². The van der Waals surface area contributed by atoms with Crippen molar-refractivity contribution in [3.8, 4) is 0 Å². The molecule has 0 aromatic rings. The van der Waals surface area contributed by atoms with Gasteiger partial charge in [-0.15, -0.1) is 0 Å². The number of hydrogen-bond acceptors (Lipinski definition) is 6. The molecule has 0 spiro atoms. The van der Waals surface area contributed by atoms with Crippen LogP contribution in [-0.4, -0.2) is 37.2 Å². The Bertz CT molecular complexity index is 958. The Labute approximate surface area is 366 Å². The molecule has 0 aliphatic carbocycles. The molecular weight excluding hydrogens is 733 g/mol. The van der Waals surface area contributed by atoms with Gasteiger partial charge in [-0.05, 0) is 70.6 Å². The summed E-state index contributed by atoms with van der Waals surface area (Å²) in [5.74, 6) is -0.880. The first-order chi connectivity index (χ1) is 29.0. The van der Waals surface area contributed by atoms with Gasteiger partial charge in [-0.2, -0.15) is 0 Å². The van der Waals surface area contributed by atoms with Crippen molar-refractivity contribution in [2.45, 2.75) is 284 Å². The average molecular weight is 831 g/mol. The van der Waals surface area contributed by atoms with Gasteiger partial charge >= 0.3 is 17.9 Å². The summed E-state index contributed by atoms with van der Waals surface area (Å²) < 4.78 is 16.8. The van der Waals surface area contributed by atoms with Crippen molar-refractivity contribution in [1.82, 2.24) is 0 Å². The molecule has 6 heteroatoms. The van der Waals surface area contributed by atoms with Gasteiger partial charge in [0.25, 0.3) is 0 Å². The number of hydrogen-bond donors (Lipinski definition) is 0. The lowest BCUT2D eigenvalue weighted by atomic mass is 10.1. The second kappa shape index (κ2) is 48.6. The van der Waals surface area contributed by atoms with Crippen LogP contribution in [0.25, 0.3) is 0 Å². The SMILES string of the molecule is CCCCCCC/C=C\CCCCCCCC(=O)OC(COC(=O)CCCCCCC/C=C\CCCCCCCCC)COC(=O)CCCCCCCCCCCCC. The van der Waals surface area contributed by atoms with E-state index in [-0.39, 0.29) is 31.1 Å². The molecule has 0 bridgehead atoms. The highest BCUT2D eigenvalue weighted by Crippen LogP contribution is 2.15. The van der Waals surface area contributed by atoms with E-state index >= 15 is 0 Å². The maximum absolute atomic E-state index is 12.8. The molecule has 0 aromatic heterocycles. The van der Waals surface area contributed by atoms with E-state index in [1.807, 2.05) is 0 Å². The van der Waals surface area contributed by atoms with Crippen LogP contribution in [0, 0.1) is 0 Å². The average Bonchev–Trinajstić information content (AvgIpc) is 3.23. The van der Waals surface area contributed by atoms with Crippen LogP contribution in [0.15, 0.2) is 24.3 Å². The number of carbonyl (C=O) groups is 3. The molecule has 346 valence electrons. The highest BCUT2D eigenvalue weighted by molar-refractivity contribution is 5.71. The topological polar surface area (TPSA) is 78.9 Å². The second-order valence-electron chi connectivity index (χ2n) is 17.4. The normalized spacial score (nSPS) is 12.1. The van der Waals surface area contributed by atoms with E-state index in [4.69, 9.17) is 14.2 Å². The van der Waals surface area contributed by atoms with Crippen molar-refractivity contribution in [3.05, 3.63) is 24.3 Å². The van der Waals surface area contributed by atoms with E-state index in [9.17, 15) is 14.4 Å². The smallest absolute Gasteiger partial charge is 0.306 e. The van der Waals surface area contributed by atoms with Gasteiger partial charge in [-0.25, -0.2) is 0 Å². The Balaban J connectivity index is 4.35. The van der Waals surface area contributed by atoms with Gasteiger partial charge in [0.15, 0.2) is 6.10 Å². The lowest BCUT2D eigenvalue weighted by molar-refractivity contribution is -0.167. The van der Waals surface area contributed by atoms with Crippen molar-refractivity contribution in [1.29, 1.82) is 0 Å². The minimum absolute atomic E-state index is 0.0738. The lowest BCUT2D eigenvalue weighted by Gasteiger charge is -2.18. The zero-order valence-corrected chi connectivity index (χ0v) is 39.5. The molecule has 0 saturated carbocycles. The van der Waals surface area contributed by atoms with E-state index in [1.165, 1.54) is 167 Å². The number of unbranched alkanes of at least 4 members (excludes halogenated alkanes) is 32. The Morgan fingerprint density at radius 2 is 0.559 bits per heavy atom. The van der Waals surface area contributed by atoms with Crippen molar-refractivity contribution < 1.29 is 28.6 Å². The molecule has 0 aliphatic rings. The largest absolute Gasteiger partial charge is 0.462 e. The predicted octanol–water partition coefficient (Wildman–Crippen LogP) is 16.8. The molecule has 0 rings (SSSR count). The highest BCUT2D eigenvalue weighted by Gasteiger charge is 2.19. The molecule has 59 heavy (non-hydrogen) atoms. The van der Waals surface area contributed by atoms with Crippen LogP contribution in [0.2, 0.25) is 0 Å². The number of esters is 3. The van der Waals surface area contributed by atoms with Crippen LogP contribution in [0.3, 0.4) is 0 Å². The quantitative estimate of drug-likeness (QED) is 0.0263. The first kappa shape index (κ1) is 56.9. The minimum Gasteiger partial charge on any atom is -0.462 e. The number of ether oxygens (including phenoxy) is 3. The van der Waals surface area contributed by atoms with E-state index in [2.05, 4.69) is 45.1 Å². The van der Waals surface area contributed by atoms with Crippen molar-refractivity contribution >= 4 is 17.9 Å². The highest BCUT2D eigenvalue weighted by atomic mass is 16.6. The third-order valence-corrected chi connectivity index (χ3v) is 11.4. The van der Waals surface area contributed by atoms with Gasteiger partial charge in [0.05, 0.1) is 0 Å². The molecule has 0 fully saturated rings. The number of allylic oxidation sites excluding steroid dienone is 4. The lowest BCUT2D eigenvalue weighted by Crippen LogP contribution is -2.30. The molecule has 0 amide bonds. The second-order valence-corrected chi connectivity index (χ2v) is 17.4. The Morgan fingerprint density at radius 1 is 0.322 bits per heavy atom. The van der Waals surface area contributed by atoms with Crippen LogP contribution in [0.4, 0.5) is 0 Å². The number of carbonyl (C=O) groups excluding carboxylic acids is 3. The van der Waals surface area contributed by atoms with Crippen LogP contribution in [-0.2, 0) is 28.6 Å². The van der Waals surface area contributed by atoms with Crippen LogP contribution < -0.4 is 0 Å². The Kier molecular flexibility index (Phi) is 46.8. The standard InChI is InChI=1S/C53H98O6/c1-4-7-10-13-16-19-22-24-26-27-29-31-34-37-40-43-46-52(55)58-49-50(48-57-51(54)45-42-39-36-33-30-21-18-15-12-9-6-3)59-53(56)47-44-41-38-35-32-28-25-23-20-17-14-11-8-5-2/h23,25-27,50H,4-22,24,28-49H2,1-3H3/b25-23-,27-26-. The molecule has 0 N–H and O–H groups in total. The number of rotatable bonds is 47. The van der Waals surface area contributed by atoms with Gasteiger partial charge in [-0.1, -0.05) is 212 Å². The molecule has 1 atom stereocenters. The molecule has 0 heterocycles. The molecule has 1 unspecified atom stereocenters. The maximum Gasteiger partial charge on any atom is 0.306 e. The summed E-state index contributed by atoms with van der Waals surface area (Å²) in [7, 11) is 0. The molecule has 0 aromatic carbocycles. The Morgan fingerprint density at radius 3 is 0.847 bits per heavy atom. The zero-order valence-electron chi connectivity index (χ0n) is 39.5. The third kappa shape index (κ3) is 46.8. The fourth-order valence-electron chi connectivity index (χ4n) is 7.49. The van der Waals surface area contributed by atoms with Crippen molar-refractivity contribution in [2.24, 2.45) is 0 Å². The van der Waals surface area contributed by atoms with Crippen molar-refractivity contribution in [2.75, 3.05) is 13.2 Å². The summed E-state index contributed by atoms with van der Waals surface area (Å²) >= 11 is 0. The zero-order chi connectivity index (χ0) is 43.0. The van der Waals surface area contributed by atoms with Gasteiger partial charge in [-0.3, -0.25) is 14.4 Å².